The van der Waals surface area contributed by atoms with Crippen molar-refractivity contribution in [2.75, 3.05) is 5.32 Å². The summed E-state index contributed by atoms with van der Waals surface area (Å²) in [5.41, 5.74) is 0.491. The number of aryl methyl sites for hydroxylation is 2. The minimum Gasteiger partial charge on any atom is -0.323 e. The van der Waals surface area contributed by atoms with Crippen LogP contribution in [-0.4, -0.2) is 29.9 Å². The van der Waals surface area contributed by atoms with Crippen LogP contribution < -0.4 is 5.32 Å². The SMILES string of the molecule is Cc1cc(Nc2nc(C(F)(F)c3ccc(F)cc3)nc3nn(C)cc23)n[nH]1. The summed E-state index contributed by atoms with van der Waals surface area (Å²) in [6.07, 6.45) is 1.62. The minimum atomic E-state index is -3.53. The number of H-pyrrole nitrogens is 1. The van der Waals surface area contributed by atoms with Gasteiger partial charge < -0.3 is 5.32 Å². The third-order valence-corrected chi connectivity index (χ3v) is 3.93. The van der Waals surface area contributed by atoms with Crippen molar-refractivity contribution in [3.63, 3.8) is 0 Å². The predicted octanol–water partition coefficient (Wildman–Crippen LogP) is 3.42. The molecule has 0 radical (unpaired) electrons. The first-order valence-electron chi connectivity index (χ1n) is 7.97. The van der Waals surface area contributed by atoms with Gasteiger partial charge in [0, 0.05) is 30.6 Å². The van der Waals surface area contributed by atoms with Gasteiger partial charge in [-0.25, -0.2) is 14.4 Å². The zero-order valence-corrected chi connectivity index (χ0v) is 14.3. The predicted molar refractivity (Wildman–Crippen MR) is 92.3 cm³/mol. The number of anilines is 2. The Labute approximate surface area is 151 Å². The Kier molecular flexibility index (Phi) is 3.83. The summed E-state index contributed by atoms with van der Waals surface area (Å²) in [5.74, 6) is -4.30. The molecule has 0 saturated heterocycles. The number of alkyl halides is 2. The Bertz CT molecular complexity index is 1120. The summed E-state index contributed by atoms with van der Waals surface area (Å²) >= 11 is 0. The fraction of sp³-hybridized carbons (Fsp3) is 0.176. The average molecular weight is 373 g/mol. The van der Waals surface area contributed by atoms with Crippen LogP contribution in [-0.2, 0) is 13.0 Å². The number of nitrogens with zero attached hydrogens (tertiary/aromatic N) is 5. The van der Waals surface area contributed by atoms with Crippen LogP contribution in [0.3, 0.4) is 0 Å². The van der Waals surface area contributed by atoms with Crippen molar-refractivity contribution in [2.45, 2.75) is 12.8 Å². The number of nitrogens with one attached hydrogen (secondary N) is 2. The third kappa shape index (κ3) is 3.09. The van der Waals surface area contributed by atoms with Gasteiger partial charge in [-0.05, 0) is 31.2 Å². The maximum atomic E-state index is 14.9. The standard InChI is InChI=1S/C17H14F3N7/c1-9-7-13(25-24-9)21-14-12-8-27(2)26-15(12)23-16(22-14)17(19,20)10-3-5-11(18)6-4-10/h3-8H,1-2H3,(H2,21,22,23,24,25,26). The Hall–Kier alpha value is -3.43. The number of hydrogen-bond donors (Lipinski definition) is 2. The highest BCUT2D eigenvalue weighted by atomic mass is 19.3. The van der Waals surface area contributed by atoms with Crippen molar-refractivity contribution in [3.8, 4) is 0 Å². The lowest BCUT2D eigenvalue weighted by molar-refractivity contribution is 0.0332. The van der Waals surface area contributed by atoms with Gasteiger partial charge in [0.1, 0.15) is 11.6 Å². The molecule has 3 aromatic heterocycles. The molecule has 0 aliphatic heterocycles. The van der Waals surface area contributed by atoms with Crippen LogP contribution in [0.15, 0.2) is 36.5 Å². The molecule has 0 bridgehead atoms. The van der Waals surface area contributed by atoms with Gasteiger partial charge in [0.2, 0.25) is 5.82 Å². The smallest absolute Gasteiger partial charge is 0.323 e. The van der Waals surface area contributed by atoms with Crippen LogP contribution >= 0.6 is 0 Å². The Balaban J connectivity index is 1.84. The van der Waals surface area contributed by atoms with Crippen LogP contribution in [0.25, 0.3) is 11.0 Å². The maximum Gasteiger partial charge on any atom is 0.331 e. The molecule has 4 aromatic rings. The molecule has 0 spiro atoms. The first kappa shape index (κ1) is 17.0. The first-order chi connectivity index (χ1) is 12.8. The van der Waals surface area contributed by atoms with E-state index in [0.29, 0.717) is 11.2 Å². The van der Waals surface area contributed by atoms with E-state index < -0.39 is 23.1 Å². The van der Waals surface area contributed by atoms with Crippen LogP contribution in [0.1, 0.15) is 17.1 Å². The number of fused-ring (bicyclic) bond motifs is 1. The molecule has 2 N–H and O–H groups in total. The first-order valence-corrected chi connectivity index (χ1v) is 7.97. The Morgan fingerprint density at radius 3 is 2.56 bits per heavy atom. The van der Waals surface area contributed by atoms with Crippen LogP contribution in [0, 0.1) is 12.7 Å². The molecule has 10 heteroatoms. The van der Waals surface area contributed by atoms with Crippen molar-refractivity contribution in [3.05, 3.63) is 59.4 Å². The molecule has 27 heavy (non-hydrogen) atoms. The number of halogens is 3. The molecular weight excluding hydrogens is 359 g/mol. The molecule has 4 rings (SSSR count). The molecule has 3 heterocycles. The highest BCUT2D eigenvalue weighted by Gasteiger charge is 2.38. The van der Waals surface area contributed by atoms with Crippen molar-refractivity contribution in [1.29, 1.82) is 0 Å². The van der Waals surface area contributed by atoms with E-state index in [0.717, 1.165) is 30.0 Å². The molecule has 0 fully saturated rings. The topological polar surface area (TPSA) is 84.3 Å². The number of aromatic nitrogens is 6. The van der Waals surface area contributed by atoms with Gasteiger partial charge in [-0.2, -0.15) is 19.0 Å². The van der Waals surface area contributed by atoms with Crippen molar-refractivity contribution in [2.24, 2.45) is 7.05 Å². The molecule has 0 saturated carbocycles. The molecule has 138 valence electrons. The lowest BCUT2D eigenvalue weighted by Gasteiger charge is -2.16. The minimum absolute atomic E-state index is 0.110. The molecule has 0 unspecified atom stereocenters. The largest absolute Gasteiger partial charge is 0.331 e. The van der Waals surface area contributed by atoms with Gasteiger partial charge in [-0.3, -0.25) is 9.78 Å². The second-order valence-corrected chi connectivity index (χ2v) is 6.08. The monoisotopic (exact) mass is 373 g/mol. The van der Waals surface area contributed by atoms with E-state index in [-0.39, 0.29) is 11.5 Å². The molecule has 0 atom stereocenters. The quantitative estimate of drug-likeness (QED) is 0.573. The molecule has 0 aliphatic rings. The normalized spacial score (nSPS) is 11.9. The highest BCUT2D eigenvalue weighted by molar-refractivity contribution is 5.87. The zero-order valence-electron chi connectivity index (χ0n) is 14.3. The summed E-state index contributed by atoms with van der Waals surface area (Å²) in [6.45, 7) is 1.81. The van der Waals surface area contributed by atoms with Gasteiger partial charge in [-0.15, -0.1) is 0 Å². The summed E-state index contributed by atoms with van der Waals surface area (Å²) < 4.78 is 44.4. The van der Waals surface area contributed by atoms with Gasteiger partial charge in [-0.1, -0.05) is 0 Å². The van der Waals surface area contributed by atoms with E-state index in [4.69, 9.17) is 0 Å². The molecule has 0 aliphatic carbocycles. The van der Waals surface area contributed by atoms with Gasteiger partial charge in [0.05, 0.1) is 5.39 Å². The lowest BCUT2D eigenvalue weighted by atomic mass is 10.1. The Morgan fingerprint density at radius 2 is 1.89 bits per heavy atom. The lowest BCUT2D eigenvalue weighted by Crippen LogP contribution is -2.20. The third-order valence-electron chi connectivity index (χ3n) is 3.93. The van der Waals surface area contributed by atoms with Gasteiger partial charge in [0.25, 0.3) is 0 Å². The second-order valence-electron chi connectivity index (χ2n) is 6.08. The fourth-order valence-electron chi connectivity index (χ4n) is 2.65. The molecular formula is C17H14F3N7. The maximum absolute atomic E-state index is 14.9. The van der Waals surface area contributed by atoms with E-state index in [2.05, 4.69) is 30.6 Å². The molecule has 7 nitrogen and oxygen atoms in total. The van der Waals surface area contributed by atoms with Gasteiger partial charge >= 0.3 is 5.92 Å². The van der Waals surface area contributed by atoms with Crippen molar-refractivity contribution in [1.82, 2.24) is 29.9 Å². The number of benzene rings is 1. The van der Waals surface area contributed by atoms with Crippen molar-refractivity contribution < 1.29 is 13.2 Å². The van der Waals surface area contributed by atoms with Gasteiger partial charge in [0.15, 0.2) is 11.5 Å². The zero-order chi connectivity index (χ0) is 19.2. The van der Waals surface area contributed by atoms with E-state index in [9.17, 15) is 13.2 Å². The highest BCUT2D eigenvalue weighted by Crippen LogP contribution is 2.35. The summed E-state index contributed by atoms with van der Waals surface area (Å²) in [5, 5.41) is 14.3. The number of hydrogen-bond acceptors (Lipinski definition) is 5. The summed E-state index contributed by atoms with van der Waals surface area (Å²) in [4.78, 5) is 7.94. The molecule has 0 amide bonds. The summed E-state index contributed by atoms with van der Waals surface area (Å²) in [6, 6.07) is 5.65. The van der Waals surface area contributed by atoms with E-state index in [1.807, 2.05) is 6.92 Å². The second kappa shape index (κ2) is 6.08. The van der Waals surface area contributed by atoms with Crippen LogP contribution in [0.5, 0.6) is 0 Å². The number of aromatic amines is 1. The van der Waals surface area contributed by atoms with E-state index >= 15 is 0 Å². The Morgan fingerprint density at radius 1 is 1.15 bits per heavy atom. The summed E-state index contributed by atoms with van der Waals surface area (Å²) in [7, 11) is 1.65. The van der Waals surface area contributed by atoms with E-state index in [1.165, 1.54) is 4.68 Å². The van der Waals surface area contributed by atoms with Crippen LogP contribution in [0.4, 0.5) is 24.8 Å². The number of rotatable bonds is 4. The molecule has 1 aromatic carbocycles. The average Bonchev–Trinajstić information content (AvgIpc) is 3.20. The fourth-order valence-corrected chi connectivity index (χ4v) is 2.65. The van der Waals surface area contributed by atoms with Crippen molar-refractivity contribution >= 4 is 22.7 Å². The van der Waals surface area contributed by atoms with E-state index in [1.54, 1.807) is 19.3 Å². The van der Waals surface area contributed by atoms with Crippen LogP contribution in [0.2, 0.25) is 0 Å².